The minimum absolute atomic E-state index is 0.0115. The van der Waals surface area contributed by atoms with Crippen LogP contribution >= 0.6 is 0 Å². The molecule has 1 unspecified atom stereocenters. The van der Waals surface area contributed by atoms with Gasteiger partial charge < -0.3 is 30.7 Å². The van der Waals surface area contributed by atoms with Crippen LogP contribution in [0.4, 0.5) is 9.59 Å². The Kier molecular flexibility index (Phi) is 10.9. The molecule has 5 aromatic carbocycles. The Balaban J connectivity index is 1.26. The lowest BCUT2D eigenvalue weighted by Gasteiger charge is -2.37. The number of amides is 4. The highest BCUT2D eigenvalue weighted by Gasteiger charge is 2.39. The second-order valence-electron chi connectivity index (χ2n) is 12.6. The summed E-state index contributed by atoms with van der Waals surface area (Å²) < 4.78 is 5.76. The van der Waals surface area contributed by atoms with Crippen LogP contribution in [0.1, 0.15) is 40.2 Å². The van der Waals surface area contributed by atoms with Crippen molar-refractivity contribution in [1.82, 2.24) is 20.9 Å². The fourth-order valence-corrected chi connectivity index (χ4v) is 6.92. The van der Waals surface area contributed by atoms with Crippen molar-refractivity contribution in [3.05, 3.63) is 167 Å². The van der Waals surface area contributed by atoms with E-state index >= 15 is 0 Å². The van der Waals surface area contributed by atoms with Crippen LogP contribution in [0.3, 0.4) is 0 Å². The van der Waals surface area contributed by atoms with E-state index in [1.165, 1.54) is 11.9 Å². The van der Waals surface area contributed by atoms with E-state index in [-0.39, 0.29) is 25.6 Å². The number of hydrogen-bond acceptors (Lipinski definition) is 5. The van der Waals surface area contributed by atoms with Gasteiger partial charge in [0.25, 0.3) is 0 Å². The van der Waals surface area contributed by atoms with E-state index in [2.05, 4.69) is 16.0 Å². The van der Waals surface area contributed by atoms with Gasteiger partial charge in [-0.1, -0.05) is 140 Å². The van der Waals surface area contributed by atoms with Crippen molar-refractivity contribution in [2.45, 2.75) is 23.9 Å². The summed E-state index contributed by atoms with van der Waals surface area (Å²) in [5.74, 6) is -1.30. The van der Waals surface area contributed by atoms with Crippen LogP contribution in [0.15, 0.2) is 140 Å². The molecule has 4 amide bonds. The van der Waals surface area contributed by atoms with Crippen molar-refractivity contribution in [2.24, 2.45) is 0 Å². The zero-order valence-electron chi connectivity index (χ0n) is 28.7. The summed E-state index contributed by atoms with van der Waals surface area (Å²) in [7, 11) is 1.48. The average Bonchev–Trinajstić information content (AvgIpc) is 3.50. The first-order chi connectivity index (χ1) is 25.3. The molecule has 1 aliphatic carbocycles. The van der Waals surface area contributed by atoms with Crippen molar-refractivity contribution in [2.75, 3.05) is 26.7 Å². The van der Waals surface area contributed by atoms with Crippen LogP contribution in [0.5, 0.6) is 0 Å². The maximum absolute atomic E-state index is 14.3. The number of rotatable bonds is 13. The smallest absolute Gasteiger partial charge is 0.407 e. The van der Waals surface area contributed by atoms with Crippen LogP contribution in [0.2, 0.25) is 0 Å². The lowest BCUT2D eigenvalue weighted by molar-refractivity contribution is -0.135. The SMILES string of the molecule is CN(CCNC(=O)O)C(=O)C(CC(=O)NC(c1ccccc1)(c1ccccc1)c1ccccc1)NC(=O)OCC1c2ccccc2-c2ccccc21. The number of carbonyl (C=O) groups is 4. The van der Waals surface area contributed by atoms with Crippen LogP contribution in [-0.4, -0.2) is 66.8 Å². The Bertz CT molecular complexity index is 1880. The molecule has 264 valence electrons. The Morgan fingerprint density at radius 1 is 0.712 bits per heavy atom. The van der Waals surface area contributed by atoms with Crippen LogP contribution in [0, 0.1) is 0 Å². The summed E-state index contributed by atoms with van der Waals surface area (Å²) in [6, 6.07) is 43.3. The van der Waals surface area contributed by atoms with Gasteiger partial charge in [-0.2, -0.15) is 0 Å². The predicted molar refractivity (Wildman–Crippen MR) is 198 cm³/mol. The molecule has 0 heterocycles. The Morgan fingerprint density at radius 3 is 1.65 bits per heavy atom. The first-order valence-electron chi connectivity index (χ1n) is 17.1. The van der Waals surface area contributed by atoms with Gasteiger partial charge in [-0.3, -0.25) is 9.59 Å². The highest BCUT2D eigenvalue weighted by atomic mass is 16.5. The summed E-state index contributed by atoms with van der Waals surface area (Å²) in [6.45, 7) is -0.0113. The van der Waals surface area contributed by atoms with Gasteiger partial charge in [0.1, 0.15) is 18.2 Å². The molecule has 5 aromatic rings. The molecule has 10 nitrogen and oxygen atoms in total. The molecule has 0 spiro atoms. The maximum Gasteiger partial charge on any atom is 0.407 e. The average molecular weight is 697 g/mol. The molecule has 0 saturated carbocycles. The summed E-state index contributed by atoms with van der Waals surface area (Å²) in [5, 5.41) is 17.2. The number of nitrogens with zero attached hydrogens (tertiary/aromatic N) is 1. The quantitative estimate of drug-likeness (QED) is 0.110. The second-order valence-corrected chi connectivity index (χ2v) is 12.6. The number of carbonyl (C=O) groups excluding carboxylic acids is 3. The van der Waals surface area contributed by atoms with E-state index in [0.717, 1.165) is 38.9 Å². The zero-order chi connectivity index (χ0) is 36.5. The summed E-state index contributed by atoms with van der Waals surface area (Å²) >= 11 is 0. The third-order valence-electron chi connectivity index (χ3n) is 9.37. The minimum Gasteiger partial charge on any atom is -0.465 e. The molecule has 10 heteroatoms. The molecule has 1 atom stereocenters. The number of benzene rings is 5. The Labute approximate surface area is 302 Å². The van der Waals surface area contributed by atoms with E-state index in [0.29, 0.717) is 0 Å². The third-order valence-corrected chi connectivity index (χ3v) is 9.37. The van der Waals surface area contributed by atoms with E-state index in [9.17, 15) is 19.2 Å². The fourth-order valence-electron chi connectivity index (χ4n) is 6.92. The largest absolute Gasteiger partial charge is 0.465 e. The summed E-state index contributed by atoms with van der Waals surface area (Å²) in [5.41, 5.74) is 5.47. The van der Waals surface area contributed by atoms with Gasteiger partial charge in [0.2, 0.25) is 11.8 Å². The molecule has 4 N–H and O–H groups in total. The number of carboxylic acid groups (broad SMARTS) is 1. The van der Waals surface area contributed by atoms with Crippen LogP contribution in [0.25, 0.3) is 11.1 Å². The molecular formula is C42H40N4O6. The Hall–Kier alpha value is -6.42. The molecule has 0 bridgehead atoms. The molecule has 1 aliphatic rings. The van der Waals surface area contributed by atoms with Gasteiger partial charge in [-0.15, -0.1) is 0 Å². The first-order valence-corrected chi connectivity index (χ1v) is 17.1. The molecular weight excluding hydrogens is 656 g/mol. The van der Waals surface area contributed by atoms with Crippen molar-refractivity contribution in [1.29, 1.82) is 0 Å². The molecule has 6 rings (SSSR count). The zero-order valence-corrected chi connectivity index (χ0v) is 28.7. The van der Waals surface area contributed by atoms with Gasteiger partial charge in [-0.05, 0) is 38.9 Å². The lowest BCUT2D eigenvalue weighted by Crippen LogP contribution is -2.53. The number of nitrogens with one attached hydrogen (secondary N) is 3. The first kappa shape index (κ1) is 35.4. The molecule has 52 heavy (non-hydrogen) atoms. The van der Waals surface area contributed by atoms with E-state index in [4.69, 9.17) is 9.84 Å². The summed E-state index contributed by atoms with van der Waals surface area (Å²) in [4.78, 5) is 53.9. The normalized spacial score (nSPS) is 12.5. The number of ether oxygens (including phenoxy) is 1. The molecule has 0 saturated heterocycles. The standard InChI is InChI=1S/C42H40N4O6/c1-46(26-25-43-40(49)50)39(48)37(44-41(51)52-28-36-34-23-13-11-21-32(34)33-22-12-14-24-35(33)36)27-38(47)45-42(29-15-5-2-6-16-29,30-17-7-3-8-18-30)31-19-9-4-10-20-31/h2-24,36-37,43H,25-28H2,1H3,(H,44,51)(H,45,47)(H,49,50). The van der Waals surface area contributed by atoms with Gasteiger partial charge in [0.15, 0.2) is 0 Å². The topological polar surface area (TPSA) is 137 Å². The van der Waals surface area contributed by atoms with E-state index in [1.807, 2.05) is 140 Å². The molecule has 0 fully saturated rings. The van der Waals surface area contributed by atoms with Crippen molar-refractivity contribution >= 4 is 24.0 Å². The van der Waals surface area contributed by atoms with Crippen LogP contribution in [-0.2, 0) is 19.9 Å². The number of likely N-dealkylation sites (N-methyl/N-ethyl adjacent to an activating group) is 1. The summed E-state index contributed by atoms with van der Waals surface area (Å²) in [6.07, 6.45) is -2.51. The highest BCUT2D eigenvalue weighted by molar-refractivity contribution is 5.91. The number of fused-ring (bicyclic) bond motifs is 3. The minimum atomic E-state index is -1.33. The van der Waals surface area contributed by atoms with Crippen molar-refractivity contribution in [3.8, 4) is 11.1 Å². The monoisotopic (exact) mass is 696 g/mol. The van der Waals surface area contributed by atoms with E-state index < -0.39 is 42.0 Å². The number of alkyl carbamates (subject to hydrolysis) is 1. The van der Waals surface area contributed by atoms with Crippen molar-refractivity contribution < 1.29 is 29.0 Å². The van der Waals surface area contributed by atoms with Crippen LogP contribution < -0.4 is 16.0 Å². The Morgan fingerprint density at radius 2 is 1.17 bits per heavy atom. The predicted octanol–water partition coefficient (Wildman–Crippen LogP) is 6.12. The van der Waals surface area contributed by atoms with Gasteiger partial charge in [0.05, 0.1) is 6.42 Å². The fraction of sp³-hybridized carbons (Fsp3) is 0.190. The van der Waals surface area contributed by atoms with E-state index in [1.54, 1.807) is 0 Å². The van der Waals surface area contributed by atoms with Gasteiger partial charge in [-0.25, -0.2) is 9.59 Å². The molecule has 0 aromatic heterocycles. The lowest BCUT2D eigenvalue weighted by atomic mass is 9.77. The van der Waals surface area contributed by atoms with Gasteiger partial charge in [0, 0.05) is 26.1 Å². The highest BCUT2D eigenvalue weighted by Crippen LogP contribution is 2.44. The molecule has 0 radical (unpaired) electrons. The van der Waals surface area contributed by atoms with Crippen molar-refractivity contribution in [3.63, 3.8) is 0 Å². The maximum atomic E-state index is 14.3. The molecule has 0 aliphatic heterocycles. The number of hydrogen-bond donors (Lipinski definition) is 4. The second kappa shape index (κ2) is 16.1. The third kappa shape index (κ3) is 7.66. The van der Waals surface area contributed by atoms with Gasteiger partial charge >= 0.3 is 12.2 Å².